The van der Waals surface area contributed by atoms with E-state index in [1.54, 1.807) is 0 Å². The summed E-state index contributed by atoms with van der Waals surface area (Å²) >= 11 is 2.43. The third-order valence-electron chi connectivity index (χ3n) is 12.2. The molecule has 0 radical (unpaired) electrons. The van der Waals surface area contributed by atoms with Crippen molar-refractivity contribution in [2.45, 2.75) is 72.8 Å². The average molecular weight is 846 g/mol. The van der Waals surface area contributed by atoms with E-state index in [1.165, 1.54) is 86.2 Å². The first-order valence-electron chi connectivity index (χ1n) is 19.0. The van der Waals surface area contributed by atoms with Gasteiger partial charge in [-0.2, -0.15) is 0 Å². The van der Waals surface area contributed by atoms with Crippen LogP contribution in [-0.4, -0.2) is 8.07 Å². The number of hydrogen-bond acceptors (Lipinski definition) is 0. The summed E-state index contributed by atoms with van der Waals surface area (Å²) in [7, 11) is -2.91. The summed E-state index contributed by atoms with van der Waals surface area (Å²) in [5.41, 5.74) is 16.5. The fourth-order valence-electron chi connectivity index (χ4n) is 8.81. The standard InChI is InChI=1S/C51H51Si.3ClH.Ti/c1-36-17-23-42(24-18-36)29-45-11-8-14-48(32-45)52(51(7)35-39(4)40(5)41(51)6,49-15-9-12-46(33-49)30-43-25-19-37(2)20-26-43)50-16-10-13-47(34-50)31-44-27-21-38(3)22-28-44;;;;/h8-28,32-34H,29-31H2,1-7H3;3*1H;/q;;;;+3/p-3. The number of benzene rings is 6. The molecule has 1 aliphatic carbocycles. The molecule has 7 rings (SSSR count). The Morgan fingerprint density at radius 1 is 0.411 bits per heavy atom. The van der Waals surface area contributed by atoms with Crippen LogP contribution in [0.2, 0.25) is 5.04 Å². The SMILES string of the molecule is CC1=C(C)C(C)([Si](c2cccc(Cc3ccc(C)cc3)c2)(c2cccc(Cc3ccc(C)cc3)c2)c2cccc(Cc3ccc(C)cc3)c2)[C]([Ti+3])=C1C.[Cl-].[Cl-].[Cl-]. The Kier molecular flexibility index (Phi) is 15.3. The van der Waals surface area contributed by atoms with Crippen LogP contribution < -0.4 is 52.8 Å². The van der Waals surface area contributed by atoms with Crippen LogP contribution in [0, 0.1) is 20.8 Å². The van der Waals surface area contributed by atoms with Gasteiger partial charge in [-0.1, -0.05) is 0 Å². The molecule has 0 bridgehead atoms. The Morgan fingerprint density at radius 3 is 0.982 bits per heavy atom. The van der Waals surface area contributed by atoms with E-state index >= 15 is 0 Å². The monoisotopic (exact) mass is 844 g/mol. The quantitative estimate of drug-likeness (QED) is 0.146. The molecule has 0 fully saturated rings. The van der Waals surface area contributed by atoms with Gasteiger partial charge >= 0.3 is 333 Å². The van der Waals surface area contributed by atoms with Crippen LogP contribution >= 0.6 is 0 Å². The molecule has 1 aliphatic rings. The fourth-order valence-corrected chi connectivity index (χ4v) is 16.6. The van der Waals surface area contributed by atoms with Crippen molar-refractivity contribution < 1.29 is 57.7 Å². The van der Waals surface area contributed by atoms with Gasteiger partial charge in [0.1, 0.15) is 0 Å². The van der Waals surface area contributed by atoms with Crippen molar-refractivity contribution in [1.82, 2.24) is 0 Å². The van der Waals surface area contributed by atoms with Gasteiger partial charge < -0.3 is 37.2 Å². The Labute approximate surface area is 367 Å². The first-order chi connectivity index (χ1) is 25.5. The summed E-state index contributed by atoms with van der Waals surface area (Å²) in [6.45, 7) is 16.2. The van der Waals surface area contributed by atoms with E-state index in [2.05, 4.69) is 214 Å². The molecule has 0 nitrogen and oxygen atoms in total. The van der Waals surface area contributed by atoms with Gasteiger partial charge in [-0.15, -0.1) is 0 Å². The number of aryl methyl sites for hydroxylation is 3. The molecule has 0 amide bonds. The van der Waals surface area contributed by atoms with Crippen LogP contribution in [0.25, 0.3) is 0 Å². The molecule has 0 spiro atoms. The normalized spacial score (nSPS) is 15.2. The minimum absolute atomic E-state index is 0. The molecule has 5 heteroatoms. The predicted octanol–water partition coefficient (Wildman–Crippen LogP) is 1.80. The smallest absolute Gasteiger partial charge is 1.00 e. The maximum Gasteiger partial charge on any atom is -1.00 e. The van der Waals surface area contributed by atoms with Crippen LogP contribution in [0.1, 0.15) is 77.8 Å². The Hall–Kier alpha value is -3.40. The van der Waals surface area contributed by atoms with E-state index in [0.29, 0.717) is 0 Å². The van der Waals surface area contributed by atoms with Gasteiger partial charge in [-0.3, -0.25) is 0 Å². The molecule has 0 aromatic heterocycles. The number of halogens is 3. The second-order valence-corrected chi connectivity index (χ2v) is 20.7. The first-order valence-corrected chi connectivity index (χ1v) is 21.8. The second-order valence-electron chi connectivity index (χ2n) is 15.7. The molecule has 0 heterocycles. The Bertz CT molecular complexity index is 2090. The van der Waals surface area contributed by atoms with Crippen LogP contribution in [-0.2, 0) is 39.7 Å². The molecule has 0 saturated heterocycles. The van der Waals surface area contributed by atoms with Crippen LogP contribution in [0.5, 0.6) is 0 Å². The van der Waals surface area contributed by atoms with Crippen molar-refractivity contribution in [2.24, 2.45) is 0 Å². The Balaban J connectivity index is 0.00000232. The van der Waals surface area contributed by atoms with Crippen LogP contribution in [0.3, 0.4) is 0 Å². The number of rotatable bonds is 10. The molecule has 284 valence electrons. The van der Waals surface area contributed by atoms with Crippen LogP contribution in [0.4, 0.5) is 0 Å². The van der Waals surface area contributed by atoms with Gasteiger partial charge in [-0.25, -0.2) is 0 Å². The first kappa shape index (κ1) is 45.3. The molecule has 6 aromatic carbocycles. The van der Waals surface area contributed by atoms with Crippen molar-refractivity contribution in [3.8, 4) is 0 Å². The molecule has 0 saturated carbocycles. The number of hydrogen-bond donors (Lipinski definition) is 0. The molecule has 6 aromatic rings. The summed E-state index contributed by atoms with van der Waals surface area (Å²) in [5, 5.41) is 4.25. The van der Waals surface area contributed by atoms with Crippen molar-refractivity contribution in [3.05, 3.63) is 216 Å². The topological polar surface area (TPSA) is 0 Å². The maximum atomic E-state index is 2.59. The van der Waals surface area contributed by atoms with Gasteiger partial charge in [0.25, 0.3) is 0 Å². The molecule has 1 unspecified atom stereocenters. The van der Waals surface area contributed by atoms with Crippen LogP contribution in [0.15, 0.2) is 166 Å². The summed E-state index contributed by atoms with van der Waals surface area (Å²) in [6, 6.07) is 56.4. The van der Waals surface area contributed by atoms with Crippen molar-refractivity contribution in [2.75, 3.05) is 0 Å². The van der Waals surface area contributed by atoms with E-state index in [0.717, 1.165) is 19.3 Å². The third-order valence-corrected chi connectivity index (χ3v) is 19.6. The zero-order chi connectivity index (χ0) is 37.3. The summed E-state index contributed by atoms with van der Waals surface area (Å²) in [4.78, 5) is 0. The fraction of sp³-hybridized carbons (Fsp3) is 0.216. The van der Waals surface area contributed by atoms with E-state index in [9.17, 15) is 0 Å². The van der Waals surface area contributed by atoms with Crippen molar-refractivity contribution in [3.63, 3.8) is 0 Å². The molecular formula is C51H51Cl3SiTi. The average Bonchev–Trinajstić information content (AvgIpc) is 3.31. The van der Waals surface area contributed by atoms with Gasteiger partial charge in [0.15, 0.2) is 0 Å². The molecule has 0 aliphatic heterocycles. The predicted molar refractivity (Wildman–Crippen MR) is 225 cm³/mol. The largest absolute Gasteiger partial charge is 1.00 e. The van der Waals surface area contributed by atoms with Crippen molar-refractivity contribution in [1.29, 1.82) is 0 Å². The molecule has 1 atom stereocenters. The van der Waals surface area contributed by atoms with E-state index < -0.39 is 8.07 Å². The van der Waals surface area contributed by atoms with E-state index in [4.69, 9.17) is 0 Å². The molecule has 0 N–H and O–H groups in total. The second kappa shape index (κ2) is 18.9. The van der Waals surface area contributed by atoms with Gasteiger partial charge in [-0.05, 0) is 0 Å². The minimum atomic E-state index is -2.91. The van der Waals surface area contributed by atoms with Gasteiger partial charge in [0, 0.05) is 0 Å². The zero-order valence-electron chi connectivity index (χ0n) is 33.6. The van der Waals surface area contributed by atoms with Crippen molar-refractivity contribution >= 4 is 23.6 Å². The maximum absolute atomic E-state index is 2.91. The third kappa shape index (κ3) is 8.70. The zero-order valence-corrected chi connectivity index (χ0v) is 38.4. The van der Waals surface area contributed by atoms with E-state index in [1.807, 2.05) is 0 Å². The molecule has 56 heavy (non-hydrogen) atoms. The molecular weight excluding hydrogens is 795 g/mol. The van der Waals surface area contributed by atoms with E-state index in [-0.39, 0.29) is 42.3 Å². The minimum Gasteiger partial charge on any atom is -1.00 e. The van der Waals surface area contributed by atoms with Gasteiger partial charge in [0.05, 0.1) is 0 Å². The number of allylic oxidation sites excluding steroid dienone is 4. The van der Waals surface area contributed by atoms with Gasteiger partial charge in [0.2, 0.25) is 0 Å². The Morgan fingerprint density at radius 2 is 0.714 bits per heavy atom. The summed E-state index contributed by atoms with van der Waals surface area (Å²) in [5.74, 6) is 0. The summed E-state index contributed by atoms with van der Waals surface area (Å²) in [6.07, 6.45) is 2.74. The summed E-state index contributed by atoms with van der Waals surface area (Å²) < 4.78 is 1.51.